The average molecular weight is 408 g/mol. The Hall–Kier alpha value is -3.15. The van der Waals surface area contributed by atoms with Gasteiger partial charge < -0.3 is 10.1 Å². The van der Waals surface area contributed by atoms with Gasteiger partial charge in [0.05, 0.1) is 28.3 Å². The number of amides is 1. The largest absolute Gasteiger partial charge is 0.385 e. The van der Waals surface area contributed by atoms with Crippen LogP contribution in [0, 0.1) is 11.3 Å². The molecule has 1 amide bonds. The zero-order chi connectivity index (χ0) is 20.6. The Morgan fingerprint density at radius 3 is 2.72 bits per heavy atom. The van der Waals surface area contributed by atoms with Crippen molar-refractivity contribution in [3.8, 4) is 6.07 Å². The first-order valence-electron chi connectivity index (χ1n) is 9.03. The number of hydrogen-bond acceptors (Lipinski definition) is 6. The average Bonchev–Trinajstić information content (AvgIpc) is 2.74. The molecule has 1 heterocycles. The summed E-state index contributed by atoms with van der Waals surface area (Å²) in [4.78, 5) is 29.8. The van der Waals surface area contributed by atoms with E-state index in [4.69, 9.17) is 10.00 Å². The summed E-state index contributed by atoms with van der Waals surface area (Å²) < 4.78 is 6.68. The number of aromatic nitrogens is 2. The lowest BCUT2D eigenvalue weighted by atomic mass is 10.2. The number of carbonyl (C=O) groups is 1. The zero-order valence-corrected chi connectivity index (χ0v) is 16.7. The van der Waals surface area contributed by atoms with Gasteiger partial charge in [-0.3, -0.25) is 14.2 Å². The summed E-state index contributed by atoms with van der Waals surface area (Å²) >= 11 is 1.22. The molecular formula is C21H20N4O3S. The van der Waals surface area contributed by atoms with Gasteiger partial charge in [0.2, 0.25) is 5.91 Å². The van der Waals surface area contributed by atoms with Gasteiger partial charge in [-0.05, 0) is 42.8 Å². The molecule has 7 nitrogen and oxygen atoms in total. The molecule has 0 unspecified atom stereocenters. The van der Waals surface area contributed by atoms with Crippen LogP contribution in [0.4, 0.5) is 5.69 Å². The molecule has 0 aliphatic rings. The molecule has 8 heteroatoms. The Morgan fingerprint density at radius 2 is 2.00 bits per heavy atom. The van der Waals surface area contributed by atoms with E-state index in [0.29, 0.717) is 46.9 Å². The predicted molar refractivity (Wildman–Crippen MR) is 113 cm³/mol. The van der Waals surface area contributed by atoms with Gasteiger partial charge in [-0.15, -0.1) is 0 Å². The summed E-state index contributed by atoms with van der Waals surface area (Å²) in [6.07, 6.45) is 0.668. The molecule has 0 spiro atoms. The first-order chi connectivity index (χ1) is 14.1. The Morgan fingerprint density at radius 1 is 1.24 bits per heavy atom. The lowest BCUT2D eigenvalue weighted by Crippen LogP contribution is -2.25. The molecule has 1 N–H and O–H groups in total. The van der Waals surface area contributed by atoms with Gasteiger partial charge >= 0.3 is 0 Å². The highest BCUT2D eigenvalue weighted by atomic mass is 32.2. The molecule has 1 aromatic heterocycles. The van der Waals surface area contributed by atoms with Crippen LogP contribution in [0.5, 0.6) is 0 Å². The Bertz CT molecular complexity index is 1100. The second-order valence-electron chi connectivity index (χ2n) is 6.24. The van der Waals surface area contributed by atoms with E-state index in [0.717, 1.165) is 0 Å². The molecule has 0 atom stereocenters. The maximum atomic E-state index is 12.9. The predicted octanol–water partition coefficient (Wildman–Crippen LogP) is 3.04. The van der Waals surface area contributed by atoms with Crippen molar-refractivity contribution < 1.29 is 9.53 Å². The Kier molecular flexibility index (Phi) is 7.00. The molecule has 0 bridgehead atoms. The Labute approximate surface area is 172 Å². The number of hydrogen-bond donors (Lipinski definition) is 1. The van der Waals surface area contributed by atoms with Crippen LogP contribution in [0.2, 0.25) is 0 Å². The lowest BCUT2D eigenvalue weighted by molar-refractivity contribution is -0.113. The van der Waals surface area contributed by atoms with E-state index in [1.54, 1.807) is 48.1 Å². The van der Waals surface area contributed by atoms with Crippen molar-refractivity contribution in [3.63, 3.8) is 0 Å². The molecule has 0 aliphatic heterocycles. The van der Waals surface area contributed by atoms with Crippen molar-refractivity contribution in [1.82, 2.24) is 9.55 Å². The van der Waals surface area contributed by atoms with E-state index in [2.05, 4.69) is 10.3 Å². The first-order valence-corrected chi connectivity index (χ1v) is 10.0. The van der Waals surface area contributed by atoms with Crippen molar-refractivity contribution in [2.75, 3.05) is 24.8 Å². The highest BCUT2D eigenvalue weighted by Crippen LogP contribution is 2.19. The third kappa shape index (κ3) is 5.22. The zero-order valence-electron chi connectivity index (χ0n) is 15.9. The van der Waals surface area contributed by atoms with E-state index < -0.39 is 0 Å². The summed E-state index contributed by atoms with van der Waals surface area (Å²) in [6.45, 7) is 0.993. The van der Waals surface area contributed by atoms with E-state index in [1.165, 1.54) is 11.8 Å². The summed E-state index contributed by atoms with van der Waals surface area (Å²) in [6, 6.07) is 15.8. The number of anilines is 1. The van der Waals surface area contributed by atoms with Gasteiger partial charge in [0, 0.05) is 25.9 Å². The molecule has 29 heavy (non-hydrogen) atoms. The fraction of sp³-hybridized carbons (Fsp3) is 0.238. The number of ether oxygens (including phenoxy) is 1. The molecule has 0 saturated heterocycles. The molecule has 2 aromatic carbocycles. The summed E-state index contributed by atoms with van der Waals surface area (Å²) in [5.74, 6) is -0.111. The number of methoxy groups -OCH3 is 1. The Balaban J connectivity index is 1.76. The quantitative estimate of drug-likeness (QED) is 0.350. The van der Waals surface area contributed by atoms with Crippen molar-refractivity contribution in [2.45, 2.75) is 18.1 Å². The highest BCUT2D eigenvalue weighted by Gasteiger charge is 2.13. The molecule has 0 aliphatic carbocycles. The third-order valence-corrected chi connectivity index (χ3v) is 5.16. The topological polar surface area (TPSA) is 97.0 Å². The number of thioether (sulfide) groups is 1. The number of nitrogens with zero attached hydrogens (tertiary/aromatic N) is 3. The minimum absolute atomic E-state index is 0.106. The molecule has 3 rings (SSSR count). The molecule has 0 saturated carbocycles. The van der Waals surface area contributed by atoms with Crippen molar-refractivity contribution >= 4 is 34.3 Å². The molecular weight excluding hydrogens is 388 g/mol. The second-order valence-corrected chi connectivity index (χ2v) is 7.18. The fourth-order valence-electron chi connectivity index (χ4n) is 2.78. The SMILES string of the molecule is COCCCn1c(SCC(=O)Nc2ccc(C#N)cc2)nc2ccccc2c1=O. The van der Waals surface area contributed by atoms with E-state index in [-0.39, 0.29) is 17.2 Å². The van der Waals surface area contributed by atoms with Gasteiger partial charge in [0.15, 0.2) is 5.16 Å². The second kappa shape index (κ2) is 9.87. The summed E-state index contributed by atoms with van der Waals surface area (Å²) in [5.41, 5.74) is 1.62. The van der Waals surface area contributed by atoms with Gasteiger partial charge in [-0.2, -0.15) is 5.26 Å². The van der Waals surface area contributed by atoms with Crippen LogP contribution in [0.3, 0.4) is 0 Å². The van der Waals surface area contributed by atoms with E-state index in [9.17, 15) is 9.59 Å². The molecule has 0 fully saturated rings. The molecule has 148 valence electrons. The van der Waals surface area contributed by atoms with Crippen molar-refractivity contribution in [2.24, 2.45) is 0 Å². The van der Waals surface area contributed by atoms with Gasteiger partial charge in [0.1, 0.15) is 0 Å². The number of nitriles is 1. The third-order valence-electron chi connectivity index (χ3n) is 4.19. The van der Waals surface area contributed by atoms with Crippen molar-refractivity contribution in [3.05, 3.63) is 64.4 Å². The van der Waals surface area contributed by atoms with Crippen LogP contribution >= 0.6 is 11.8 Å². The number of para-hydroxylation sites is 1. The molecule has 3 aromatic rings. The van der Waals surface area contributed by atoms with Gasteiger partial charge in [-0.25, -0.2) is 4.98 Å². The van der Waals surface area contributed by atoms with E-state index >= 15 is 0 Å². The number of rotatable bonds is 8. The van der Waals surface area contributed by atoms with Gasteiger partial charge in [-0.1, -0.05) is 23.9 Å². The van der Waals surface area contributed by atoms with Crippen LogP contribution in [0.15, 0.2) is 58.5 Å². The minimum atomic E-state index is -0.217. The number of benzene rings is 2. The monoisotopic (exact) mass is 408 g/mol. The number of carbonyl (C=O) groups excluding carboxylic acids is 1. The van der Waals surface area contributed by atoms with Crippen LogP contribution in [-0.2, 0) is 16.1 Å². The maximum absolute atomic E-state index is 12.9. The first kappa shape index (κ1) is 20.6. The van der Waals surface area contributed by atoms with Crippen LogP contribution in [0.1, 0.15) is 12.0 Å². The maximum Gasteiger partial charge on any atom is 0.262 e. The van der Waals surface area contributed by atoms with Crippen LogP contribution < -0.4 is 10.9 Å². The minimum Gasteiger partial charge on any atom is -0.385 e. The smallest absolute Gasteiger partial charge is 0.262 e. The summed E-state index contributed by atoms with van der Waals surface area (Å²) in [5, 5.41) is 12.7. The number of fused-ring (bicyclic) bond motifs is 1. The normalized spacial score (nSPS) is 10.6. The van der Waals surface area contributed by atoms with Crippen LogP contribution in [0.25, 0.3) is 10.9 Å². The molecule has 0 radical (unpaired) electrons. The van der Waals surface area contributed by atoms with Gasteiger partial charge in [0.25, 0.3) is 5.56 Å². The van der Waals surface area contributed by atoms with E-state index in [1.807, 2.05) is 18.2 Å². The van der Waals surface area contributed by atoms with Crippen molar-refractivity contribution in [1.29, 1.82) is 5.26 Å². The summed E-state index contributed by atoms with van der Waals surface area (Å²) in [7, 11) is 1.62. The fourth-order valence-corrected chi connectivity index (χ4v) is 3.60. The number of nitrogens with one attached hydrogen (secondary N) is 1. The lowest BCUT2D eigenvalue weighted by Gasteiger charge is -2.13. The standard InChI is InChI=1S/C21H20N4O3S/c1-28-12-4-11-25-20(27)17-5-2-3-6-18(17)24-21(25)29-14-19(26)23-16-9-7-15(13-22)8-10-16/h2-3,5-10H,4,11-12,14H2,1H3,(H,23,26). The highest BCUT2D eigenvalue weighted by molar-refractivity contribution is 7.99. The van der Waals surface area contributed by atoms with Crippen LogP contribution in [-0.4, -0.2) is 34.9 Å².